The minimum absolute atomic E-state index is 0.147. The molecule has 0 saturated carbocycles. The molecule has 0 spiro atoms. The molecule has 1 aliphatic rings. The van der Waals surface area contributed by atoms with Crippen LogP contribution in [0.4, 0.5) is 11.8 Å². The molecule has 1 fully saturated rings. The van der Waals surface area contributed by atoms with Gasteiger partial charge >= 0.3 is 5.69 Å². The first kappa shape index (κ1) is 23.9. The summed E-state index contributed by atoms with van der Waals surface area (Å²) in [5.74, 6) is 1.51. The molecule has 4 rings (SSSR count). The molecule has 3 aromatic rings. The summed E-state index contributed by atoms with van der Waals surface area (Å²) >= 11 is 1.19. The van der Waals surface area contributed by atoms with E-state index in [1.54, 1.807) is 13.2 Å². The number of ketones is 1. The fourth-order valence-electron chi connectivity index (χ4n) is 4.01. The maximum Gasteiger partial charge on any atom is 0.332 e. The van der Waals surface area contributed by atoms with E-state index in [9.17, 15) is 14.4 Å². The molecule has 0 radical (unpaired) electrons. The molecule has 12 heteroatoms. The number of anilines is 2. The van der Waals surface area contributed by atoms with Crippen LogP contribution in [0.2, 0.25) is 0 Å². The lowest BCUT2D eigenvalue weighted by molar-refractivity contribution is 0.0992. The molecular formula is C22H29N7O4S. The number of hydrogen-bond acceptors (Lipinski definition) is 9. The number of nitrogen functional groups attached to an aromatic ring is 1. The van der Waals surface area contributed by atoms with Crippen LogP contribution in [0.15, 0.2) is 37.6 Å². The third kappa shape index (κ3) is 4.41. The van der Waals surface area contributed by atoms with Crippen molar-refractivity contribution in [2.75, 3.05) is 23.7 Å². The summed E-state index contributed by atoms with van der Waals surface area (Å²) in [7, 11) is 2.75. The first-order valence-corrected chi connectivity index (χ1v) is 12.0. The lowest BCUT2D eigenvalue weighted by atomic mass is 10.00. The summed E-state index contributed by atoms with van der Waals surface area (Å²) in [6.07, 6.45) is 3.75. The predicted octanol–water partition coefficient (Wildman–Crippen LogP) is 1.50. The standard InChI is InChI=1S/C22H29N7O4S/c1-13-7-9-28(10-8-13)20-24-25-21(29(20)12-15-6-5-11-33-15)34-14(2)17(30)16-18(23)26(3)22(32)27(4)19(16)31/h5-6,11,13-14H,7-10,12,23H2,1-4H3/t14-/m1/s1. The number of nitrogens with zero attached hydrogens (tertiary/aromatic N) is 6. The fourth-order valence-corrected chi connectivity index (χ4v) is 4.92. The Bertz CT molecular complexity index is 1300. The molecule has 0 aromatic carbocycles. The second-order valence-electron chi connectivity index (χ2n) is 8.71. The van der Waals surface area contributed by atoms with Crippen molar-refractivity contribution < 1.29 is 9.21 Å². The van der Waals surface area contributed by atoms with Crippen molar-refractivity contribution in [3.8, 4) is 0 Å². The van der Waals surface area contributed by atoms with Crippen LogP contribution in [0.5, 0.6) is 0 Å². The molecule has 11 nitrogen and oxygen atoms in total. The lowest BCUT2D eigenvalue weighted by Crippen LogP contribution is -2.42. The molecule has 34 heavy (non-hydrogen) atoms. The van der Waals surface area contributed by atoms with Gasteiger partial charge in [0, 0.05) is 27.2 Å². The van der Waals surface area contributed by atoms with E-state index >= 15 is 0 Å². The number of furan rings is 1. The summed E-state index contributed by atoms with van der Waals surface area (Å²) in [6.45, 7) is 6.09. The highest BCUT2D eigenvalue weighted by atomic mass is 32.2. The van der Waals surface area contributed by atoms with E-state index in [1.165, 1.54) is 25.9 Å². The van der Waals surface area contributed by atoms with E-state index in [-0.39, 0.29) is 11.4 Å². The topological polar surface area (TPSA) is 134 Å². The molecule has 182 valence electrons. The quantitative estimate of drug-likeness (QED) is 0.388. The number of Topliss-reactive ketones (excluding diaryl/α,β-unsaturated/α-hetero) is 1. The Morgan fingerprint density at radius 2 is 1.94 bits per heavy atom. The highest BCUT2D eigenvalue weighted by Gasteiger charge is 2.29. The van der Waals surface area contributed by atoms with Gasteiger partial charge in [-0.3, -0.25) is 23.3 Å². The third-order valence-electron chi connectivity index (χ3n) is 6.27. The highest BCUT2D eigenvalue weighted by Crippen LogP contribution is 2.30. The minimum atomic E-state index is -0.710. The largest absolute Gasteiger partial charge is 0.467 e. The maximum absolute atomic E-state index is 13.3. The first-order valence-electron chi connectivity index (χ1n) is 11.2. The summed E-state index contributed by atoms with van der Waals surface area (Å²) in [4.78, 5) is 40.2. The molecule has 0 aliphatic carbocycles. The number of rotatable bonds is 7. The Kier molecular flexibility index (Phi) is 6.69. The first-order chi connectivity index (χ1) is 16.2. The van der Waals surface area contributed by atoms with E-state index in [4.69, 9.17) is 10.2 Å². The number of aromatic nitrogens is 5. The SMILES string of the molecule is CC1CCN(c2nnc(S[C@H](C)C(=O)c3c(N)n(C)c(=O)n(C)c3=O)n2Cc2ccco2)CC1. The van der Waals surface area contributed by atoms with Crippen molar-refractivity contribution in [1.29, 1.82) is 0 Å². The zero-order valence-electron chi connectivity index (χ0n) is 19.7. The molecule has 1 saturated heterocycles. The number of carbonyl (C=O) groups excluding carboxylic acids is 1. The van der Waals surface area contributed by atoms with Gasteiger partial charge in [0.25, 0.3) is 5.56 Å². The molecule has 0 unspecified atom stereocenters. The van der Waals surface area contributed by atoms with Crippen molar-refractivity contribution in [2.24, 2.45) is 20.0 Å². The highest BCUT2D eigenvalue weighted by molar-refractivity contribution is 8.00. The number of piperidine rings is 1. The Morgan fingerprint density at radius 3 is 2.59 bits per heavy atom. The number of thioether (sulfide) groups is 1. The number of carbonyl (C=O) groups is 1. The zero-order chi connectivity index (χ0) is 24.6. The predicted molar refractivity (Wildman–Crippen MR) is 129 cm³/mol. The van der Waals surface area contributed by atoms with Crippen molar-refractivity contribution in [1.82, 2.24) is 23.9 Å². The van der Waals surface area contributed by atoms with Gasteiger partial charge in [-0.25, -0.2) is 4.79 Å². The van der Waals surface area contributed by atoms with Gasteiger partial charge in [0.15, 0.2) is 10.9 Å². The van der Waals surface area contributed by atoms with Gasteiger partial charge in [0.2, 0.25) is 5.95 Å². The van der Waals surface area contributed by atoms with Crippen LogP contribution in [-0.2, 0) is 20.6 Å². The van der Waals surface area contributed by atoms with Gasteiger partial charge in [-0.1, -0.05) is 18.7 Å². The molecule has 0 amide bonds. The van der Waals surface area contributed by atoms with E-state index in [0.717, 1.165) is 46.8 Å². The molecule has 3 aromatic heterocycles. The third-order valence-corrected chi connectivity index (χ3v) is 7.35. The Balaban J connectivity index is 1.65. The summed E-state index contributed by atoms with van der Waals surface area (Å²) in [5.41, 5.74) is 4.49. The van der Waals surface area contributed by atoms with E-state index in [0.29, 0.717) is 17.6 Å². The Morgan fingerprint density at radius 1 is 1.24 bits per heavy atom. The molecule has 1 atom stereocenters. The number of hydrogen-bond donors (Lipinski definition) is 1. The monoisotopic (exact) mass is 487 g/mol. The van der Waals surface area contributed by atoms with Gasteiger partial charge in [-0.2, -0.15) is 0 Å². The zero-order valence-corrected chi connectivity index (χ0v) is 20.5. The van der Waals surface area contributed by atoms with Crippen LogP contribution < -0.4 is 21.9 Å². The smallest absolute Gasteiger partial charge is 0.332 e. The van der Waals surface area contributed by atoms with Gasteiger partial charge in [-0.05, 0) is 37.8 Å². The van der Waals surface area contributed by atoms with Crippen LogP contribution in [0.25, 0.3) is 0 Å². The minimum Gasteiger partial charge on any atom is -0.467 e. The summed E-state index contributed by atoms with van der Waals surface area (Å²) < 4.78 is 9.47. The van der Waals surface area contributed by atoms with Crippen molar-refractivity contribution in [2.45, 2.75) is 43.6 Å². The molecule has 1 aliphatic heterocycles. The number of nitrogens with two attached hydrogens (primary N) is 1. The van der Waals surface area contributed by atoms with E-state index in [1.807, 2.05) is 16.7 Å². The average Bonchev–Trinajstić information content (AvgIpc) is 3.48. The maximum atomic E-state index is 13.3. The van der Waals surface area contributed by atoms with E-state index < -0.39 is 22.3 Å². The van der Waals surface area contributed by atoms with Crippen LogP contribution in [-0.4, -0.2) is 48.0 Å². The lowest BCUT2D eigenvalue weighted by Gasteiger charge is -2.31. The van der Waals surface area contributed by atoms with Crippen LogP contribution in [0.1, 0.15) is 42.8 Å². The molecule has 0 bridgehead atoms. The van der Waals surface area contributed by atoms with Gasteiger partial charge in [-0.15, -0.1) is 10.2 Å². The van der Waals surface area contributed by atoms with Crippen LogP contribution in [0.3, 0.4) is 0 Å². The fraction of sp³-hybridized carbons (Fsp3) is 0.500. The van der Waals surface area contributed by atoms with Gasteiger partial charge < -0.3 is 15.1 Å². The van der Waals surface area contributed by atoms with Crippen LogP contribution >= 0.6 is 11.8 Å². The average molecular weight is 488 g/mol. The molecule has 4 heterocycles. The van der Waals surface area contributed by atoms with E-state index in [2.05, 4.69) is 22.0 Å². The van der Waals surface area contributed by atoms with Crippen molar-refractivity contribution in [3.63, 3.8) is 0 Å². The van der Waals surface area contributed by atoms with Crippen LogP contribution in [0, 0.1) is 5.92 Å². The normalized spacial score (nSPS) is 15.6. The molecular weight excluding hydrogens is 458 g/mol. The Labute approximate surface area is 200 Å². The summed E-state index contributed by atoms with van der Waals surface area (Å²) in [6, 6.07) is 3.69. The molecule has 2 N–H and O–H groups in total. The van der Waals surface area contributed by atoms with Gasteiger partial charge in [0.1, 0.15) is 17.1 Å². The second kappa shape index (κ2) is 9.53. The van der Waals surface area contributed by atoms with Crippen molar-refractivity contribution >= 4 is 29.3 Å². The Hall–Kier alpha value is -3.28. The van der Waals surface area contributed by atoms with Crippen molar-refractivity contribution in [3.05, 3.63) is 50.6 Å². The second-order valence-corrected chi connectivity index (χ2v) is 10.0. The van der Waals surface area contributed by atoms with Gasteiger partial charge in [0.05, 0.1) is 18.1 Å². The summed E-state index contributed by atoms with van der Waals surface area (Å²) in [5, 5.41) is 8.65.